The first-order valence-corrected chi connectivity index (χ1v) is 11.5. The fourth-order valence-electron chi connectivity index (χ4n) is 4.81. The molecule has 2 heterocycles. The van der Waals surface area contributed by atoms with Gasteiger partial charge in [0.1, 0.15) is 5.69 Å². The second-order valence-electron chi connectivity index (χ2n) is 9.03. The number of hydrogen-bond acceptors (Lipinski definition) is 4. The maximum Gasteiger partial charge on any atom is 0.266 e. The van der Waals surface area contributed by atoms with Crippen LogP contribution in [0.3, 0.4) is 0 Å². The Kier molecular flexibility index (Phi) is 6.58. The van der Waals surface area contributed by atoms with Crippen LogP contribution in [0.15, 0.2) is 42.6 Å². The first kappa shape index (κ1) is 22.7. The van der Waals surface area contributed by atoms with Crippen molar-refractivity contribution < 1.29 is 9.59 Å². The van der Waals surface area contributed by atoms with Crippen LogP contribution >= 0.6 is 0 Å². The van der Waals surface area contributed by atoms with Crippen LogP contribution in [-0.2, 0) is 11.8 Å². The average Bonchev–Trinajstić information content (AvgIpc) is 3.18. The van der Waals surface area contributed by atoms with Crippen LogP contribution in [0.25, 0.3) is 11.1 Å². The smallest absolute Gasteiger partial charge is 0.266 e. The van der Waals surface area contributed by atoms with Crippen molar-refractivity contribution in [1.82, 2.24) is 14.8 Å². The van der Waals surface area contributed by atoms with Gasteiger partial charge in [-0.15, -0.1) is 0 Å². The zero-order valence-electron chi connectivity index (χ0n) is 19.5. The summed E-state index contributed by atoms with van der Waals surface area (Å²) in [7, 11) is 1.68. The quantitative estimate of drug-likeness (QED) is 0.583. The first-order valence-electron chi connectivity index (χ1n) is 11.5. The van der Waals surface area contributed by atoms with Gasteiger partial charge >= 0.3 is 0 Å². The van der Waals surface area contributed by atoms with E-state index in [0.29, 0.717) is 11.4 Å². The number of amides is 2. The number of hydrogen-bond donors (Lipinski definition) is 2. The fourth-order valence-corrected chi connectivity index (χ4v) is 4.81. The standard InChI is InChI=1S/C26H31N5O2/c1-16-13-21(17(2)28-15-16)18-9-11-20(12-10-18)29-26(33)24(19-7-5-4-6-8-19)22-14-23(25(27)32)31(3)30-22/h9-15,19,24H,4-8H2,1-3H3,(H2,27,32)(H,29,33)/t24-/m0/s1. The van der Waals surface area contributed by atoms with Crippen LogP contribution in [0.1, 0.15) is 65.5 Å². The molecule has 2 aromatic heterocycles. The molecule has 33 heavy (non-hydrogen) atoms. The van der Waals surface area contributed by atoms with Crippen molar-refractivity contribution in [2.45, 2.75) is 51.9 Å². The number of nitrogens with zero attached hydrogens (tertiary/aromatic N) is 3. The lowest BCUT2D eigenvalue weighted by Crippen LogP contribution is -2.29. The molecule has 0 unspecified atom stereocenters. The monoisotopic (exact) mass is 445 g/mol. The zero-order valence-corrected chi connectivity index (χ0v) is 19.5. The van der Waals surface area contributed by atoms with E-state index in [9.17, 15) is 9.59 Å². The number of anilines is 1. The number of pyridine rings is 1. The fraction of sp³-hybridized carbons (Fsp3) is 0.385. The molecular weight excluding hydrogens is 414 g/mol. The van der Waals surface area contributed by atoms with E-state index >= 15 is 0 Å². The van der Waals surface area contributed by atoms with Gasteiger partial charge in [-0.25, -0.2) is 0 Å². The maximum atomic E-state index is 13.5. The van der Waals surface area contributed by atoms with Gasteiger partial charge in [0.15, 0.2) is 0 Å². The molecule has 0 saturated heterocycles. The maximum absolute atomic E-state index is 13.5. The first-order chi connectivity index (χ1) is 15.8. The van der Waals surface area contributed by atoms with E-state index in [0.717, 1.165) is 53.8 Å². The van der Waals surface area contributed by atoms with Crippen molar-refractivity contribution >= 4 is 17.5 Å². The summed E-state index contributed by atoms with van der Waals surface area (Å²) in [6.45, 7) is 4.02. The Hall–Kier alpha value is -3.48. The van der Waals surface area contributed by atoms with Crippen molar-refractivity contribution in [3.8, 4) is 11.1 Å². The van der Waals surface area contributed by atoms with Crippen molar-refractivity contribution in [2.75, 3.05) is 5.32 Å². The predicted molar refractivity (Wildman–Crippen MR) is 129 cm³/mol. The van der Waals surface area contributed by atoms with Gasteiger partial charge in [0.05, 0.1) is 11.6 Å². The number of benzene rings is 1. The number of carbonyl (C=O) groups excluding carboxylic acids is 2. The van der Waals surface area contributed by atoms with Crippen LogP contribution < -0.4 is 11.1 Å². The van der Waals surface area contributed by atoms with E-state index in [1.807, 2.05) is 44.3 Å². The third kappa shape index (κ3) is 4.97. The van der Waals surface area contributed by atoms with Gasteiger partial charge in [-0.2, -0.15) is 5.10 Å². The van der Waals surface area contributed by atoms with Crippen LogP contribution in [0, 0.1) is 19.8 Å². The Labute approximate surface area is 194 Å². The summed E-state index contributed by atoms with van der Waals surface area (Å²) >= 11 is 0. The number of primary amides is 1. The Bertz CT molecular complexity index is 1160. The number of nitrogens with one attached hydrogen (secondary N) is 1. The lowest BCUT2D eigenvalue weighted by molar-refractivity contribution is -0.119. The number of aromatic nitrogens is 3. The van der Waals surface area contributed by atoms with Crippen LogP contribution in [0.5, 0.6) is 0 Å². The minimum atomic E-state index is -0.546. The Morgan fingerprint density at radius 2 is 1.79 bits per heavy atom. The second kappa shape index (κ2) is 9.57. The number of rotatable bonds is 6. The number of nitrogens with two attached hydrogens (primary N) is 1. The normalized spacial score (nSPS) is 15.2. The van der Waals surface area contributed by atoms with Crippen molar-refractivity contribution in [2.24, 2.45) is 18.7 Å². The molecule has 2 amide bonds. The lowest BCUT2D eigenvalue weighted by atomic mass is 9.78. The minimum Gasteiger partial charge on any atom is -0.364 e. The number of carbonyl (C=O) groups is 2. The van der Waals surface area contributed by atoms with Gasteiger partial charge in [0.25, 0.3) is 5.91 Å². The van der Waals surface area contributed by atoms with Gasteiger partial charge in [-0.3, -0.25) is 19.3 Å². The third-order valence-corrected chi connectivity index (χ3v) is 6.56. The molecule has 0 aliphatic heterocycles. The highest BCUT2D eigenvalue weighted by atomic mass is 16.2. The van der Waals surface area contributed by atoms with E-state index in [1.165, 1.54) is 11.1 Å². The lowest BCUT2D eigenvalue weighted by Gasteiger charge is -2.28. The van der Waals surface area contributed by atoms with E-state index in [-0.39, 0.29) is 11.8 Å². The molecule has 7 heteroatoms. The van der Waals surface area contributed by atoms with E-state index in [4.69, 9.17) is 5.73 Å². The number of aryl methyl sites for hydroxylation is 3. The summed E-state index contributed by atoms with van der Waals surface area (Å²) in [4.78, 5) is 29.7. The van der Waals surface area contributed by atoms with E-state index in [1.54, 1.807) is 13.1 Å². The molecule has 1 aromatic carbocycles. The Morgan fingerprint density at radius 1 is 1.09 bits per heavy atom. The highest BCUT2D eigenvalue weighted by Crippen LogP contribution is 2.37. The molecule has 1 aliphatic carbocycles. The molecule has 0 spiro atoms. The van der Waals surface area contributed by atoms with E-state index in [2.05, 4.69) is 21.5 Å². The largest absolute Gasteiger partial charge is 0.364 e. The molecule has 3 aromatic rings. The summed E-state index contributed by atoms with van der Waals surface area (Å²) < 4.78 is 1.47. The summed E-state index contributed by atoms with van der Waals surface area (Å²) in [5, 5.41) is 7.57. The van der Waals surface area contributed by atoms with Crippen molar-refractivity contribution in [1.29, 1.82) is 0 Å². The molecule has 1 atom stereocenters. The topological polar surface area (TPSA) is 103 Å². The Morgan fingerprint density at radius 3 is 2.42 bits per heavy atom. The molecule has 7 nitrogen and oxygen atoms in total. The Balaban J connectivity index is 1.58. The SMILES string of the molecule is Cc1cnc(C)c(-c2ccc(NC(=O)[C@H](c3cc(C(N)=O)n(C)n3)C3CCCCC3)cc2)c1. The molecule has 1 saturated carbocycles. The molecule has 172 valence electrons. The predicted octanol–water partition coefficient (Wildman–Crippen LogP) is 4.50. The van der Waals surface area contributed by atoms with Gasteiger partial charge in [-0.1, -0.05) is 31.4 Å². The van der Waals surface area contributed by atoms with Crippen LogP contribution in [-0.4, -0.2) is 26.6 Å². The molecular formula is C26H31N5O2. The van der Waals surface area contributed by atoms with Crippen molar-refractivity contribution in [3.63, 3.8) is 0 Å². The van der Waals surface area contributed by atoms with Gasteiger partial charge in [-0.05, 0) is 68.0 Å². The highest BCUT2D eigenvalue weighted by Gasteiger charge is 2.34. The summed E-state index contributed by atoms with van der Waals surface area (Å²) in [5.74, 6) is -0.880. The van der Waals surface area contributed by atoms with Crippen molar-refractivity contribution in [3.05, 3.63) is 65.2 Å². The summed E-state index contributed by atoms with van der Waals surface area (Å²) in [6, 6.07) is 11.6. The van der Waals surface area contributed by atoms with Gasteiger partial charge < -0.3 is 11.1 Å². The zero-order chi connectivity index (χ0) is 23.5. The molecule has 0 bridgehead atoms. The van der Waals surface area contributed by atoms with Crippen LogP contribution in [0.4, 0.5) is 5.69 Å². The molecule has 3 N–H and O–H groups in total. The third-order valence-electron chi connectivity index (χ3n) is 6.56. The molecule has 1 aliphatic rings. The summed E-state index contributed by atoms with van der Waals surface area (Å²) in [5.41, 5.74) is 11.3. The molecule has 4 rings (SSSR count). The average molecular weight is 446 g/mol. The second-order valence-corrected chi connectivity index (χ2v) is 9.03. The van der Waals surface area contributed by atoms with Crippen LogP contribution in [0.2, 0.25) is 0 Å². The van der Waals surface area contributed by atoms with E-state index < -0.39 is 11.8 Å². The summed E-state index contributed by atoms with van der Waals surface area (Å²) in [6.07, 6.45) is 7.19. The molecule has 0 radical (unpaired) electrons. The molecule has 1 fully saturated rings. The minimum absolute atomic E-state index is 0.0998. The van der Waals surface area contributed by atoms with Gasteiger partial charge in [0.2, 0.25) is 5.91 Å². The van der Waals surface area contributed by atoms with Gasteiger partial charge in [0, 0.05) is 30.2 Å². The highest BCUT2D eigenvalue weighted by molar-refractivity contribution is 5.97.